The van der Waals surface area contributed by atoms with E-state index in [4.69, 9.17) is 0 Å². The number of imidazole rings is 1. The van der Waals surface area contributed by atoms with E-state index < -0.39 is 0 Å². The number of H-pyrrole nitrogens is 1. The Bertz CT molecular complexity index is 1100. The second kappa shape index (κ2) is 6.87. The van der Waals surface area contributed by atoms with Gasteiger partial charge in [-0.1, -0.05) is 6.07 Å². The van der Waals surface area contributed by atoms with E-state index in [1.165, 1.54) is 0 Å². The molecule has 9 nitrogen and oxygen atoms in total. The molecule has 0 unspecified atom stereocenters. The largest absolute Gasteiger partial charge is 0.338 e. The maximum absolute atomic E-state index is 11.8. The van der Waals surface area contributed by atoms with Crippen LogP contribution >= 0.6 is 0 Å². The summed E-state index contributed by atoms with van der Waals surface area (Å²) < 4.78 is 1.85. The van der Waals surface area contributed by atoms with Gasteiger partial charge in [0.15, 0.2) is 11.6 Å². The van der Waals surface area contributed by atoms with E-state index in [0.29, 0.717) is 29.7 Å². The predicted octanol–water partition coefficient (Wildman–Crippen LogP) is 2.63. The minimum atomic E-state index is -0.302. The molecule has 2 amide bonds. The first-order valence-electron chi connectivity index (χ1n) is 8.52. The first-order valence-corrected chi connectivity index (χ1v) is 8.52. The molecule has 3 N–H and O–H groups in total. The summed E-state index contributed by atoms with van der Waals surface area (Å²) in [5.74, 6) is 1.70. The van der Waals surface area contributed by atoms with Crippen molar-refractivity contribution in [2.45, 2.75) is 13.8 Å². The Morgan fingerprint density at radius 3 is 2.85 bits per heavy atom. The van der Waals surface area contributed by atoms with Crippen LogP contribution in [0.3, 0.4) is 0 Å². The summed E-state index contributed by atoms with van der Waals surface area (Å²) >= 11 is 0. The Morgan fingerprint density at radius 2 is 2.15 bits per heavy atom. The molecule has 0 aliphatic carbocycles. The van der Waals surface area contributed by atoms with E-state index in [1.807, 2.05) is 42.5 Å². The van der Waals surface area contributed by atoms with Crippen molar-refractivity contribution in [3.8, 4) is 22.6 Å². The van der Waals surface area contributed by atoms with E-state index in [2.05, 4.69) is 35.8 Å². The van der Waals surface area contributed by atoms with Gasteiger partial charge in [0.05, 0.1) is 11.9 Å². The van der Waals surface area contributed by atoms with Gasteiger partial charge >= 0.3 is 6.03 Å². The fourth-order valence-corrected chi connectivity index (χ4v) is 2.80. The van der Waals surface area contributed by atoms with Gasteiger partial charge < -0.3 is 5.32 Å². The number of carbonyl (C=O) groups excluding carboxylic acids is 1. The van der Waals surface area contributed by atoms with Crippen LogP contribution in [-0.4, -0.2) is 42.1 Å². The van der Waals surface area contributed by atoms with Crippen LogP contribution in [0, 0.1) is 6.92 Å². The SMILES string of the molecule is CCNC(=O)Nc1cn2c(-c3n[nH]c(C)n3)cc(-c3cccnc3)cc2n1. The van der Waals surface area contributed by atoms with Gasteiger partial charge in [0.25, 0.3) is 0 Å². The molecular weight excluding hydrogens is 344 g/mol. The zero-order chi connectivity index (χ0) is 18.8. The standard InChI is InChI=1S/C18H18N8O/c1-3-20-18(27)23-15-10-26-14(17-21-11(2)24-25-17)7-13(8-16(26)22-15)12-5-4-6-19-9-12/h4-10H,3H2,1-2H3,(H2,20,23,27)(H,21,24,25). The first-order chi connectivity index (χ1) is 13.1. The van der Waals surface area contributed by atoms with Crippen molar-refractivity contribution in [1.82, 2.24) is 34.9 Å². The summed E-state index contributed by atoms with van der Waals surface area (Å²) in [4.78, 5) is 25.0. The number of nitrogens with zero attached hydrogens (tertiary/aromatic N) is 5. The Hall–Kier alpha value is -3.75. The van der Waals surface area contributed by atoms with E-state index >= 15 is 0 Å². The highest BCUT2D eigenvalue weighted by Gasteiger charge is 2.15. The number of urea groups is 1. The molecular formula is C18H18N8O. The van der Waals surface area contributed by atoms with Gasteiger partial charge in [-0.25, -0.2) is 14.8 Å². The molecule has 0 aliphatic heterocycles. The Kier molecular flexibility index (Phi) is 4.25. The minimum absolute atomic E-state index is 0.302. The number of amides is 2. The molecule has 0 aromatic carbocycles. The molecule has 0 atom stereocenters. The van der Waals surface area contributed by atoms with Crippen LogP contribution in [0.15, 0.2) is 42.9 Å². The van der Waals surface area contributed by atoms with Crippen LogP contribution < -0.4 is 10.6 Å². The number of rotatable bonds is 4. The van der Waals surface area contributed by atoms with Crippen LogP contribution in [0.1, 0.15) is 12.7 Å². The summed E-state index contributed by atoms with van der Waals surface area (Å²) in [5.41, 5.74) is 3.31. The summed E-state index contributed by atoms with van der Waals surface area (Å²) in [5, 5.41) is 12.6. The molecule has 4 rings (SSSR count). The van der Waals surface area contributed by atoms with Crippen LogP contribution in [-0.2, 0) is 0 Å². The van der Waals surface area contributed by atoms with Crippen LogP contribution in [0.25, 0.3) is 28.3 Å². The lowest BCUT2D eigenvalue weighted by molar-refractivity contribution is 0.252. The molecule has 4 aromatic heterocycles. The summed E-state index contributed by atoms with van der Waals surface area (Å²) in [6.45, 7) is 4.23. The molecule has 4 aromatic rings. The van der Waals surface area contributed by atoms with E-state index in [-0.39, 0.29) is 6.03 Å². The monoisotopic (exact) mass is 362 g/mol. The normalized spacial score (nSPS) is 10.9. The van der Waals surface area contributed by atoms with Crippen molar-refractivity contribution in [3.63, 3.8) is 0 Å². The number of aromatic nitrogens is 6. The molecule has 0 aliphatic rings. The third kappa shape index (κ3) is 3.34. The fourth-order valence-electron chi connectivity index (χ4n) is 2.80. The van der Waals surface area contributed by atoms with Crippen LogP contribution in [0.2, 0.25) is 0 Å². The number of hydrogen-bond donors (Lipinski definition) is 3. The number of aromatic amines is 1. The molecule has 4 heterocycles. The first kappa shape index (κ1) is 16.7. The Balaban J connectivity index is 1.86. The number of hydrogen-bond acceptors (Lipinski definition) is 5. The number of fused-ring (bicyclic) bond motifs is 1. The highest BCUT2D eigenvalue weighted by atomic mass is 16.2. The number of aryl methyl sites for hydroxylation is 1. The van der Waals surface area contributed by atoms with Crippen molar-refractivity contribution in [2.24, 2.45) is 0 Å². The smallest absolute Gasteiger partial charge is 0.320 e. The number of nitrogens with one attached hydrogen (secondary N) is 3. The quantitative estimate of drug-likeness (QED) is 0.516. The van der Waals surface area contributed by atoms with Gasteiger partial charge in [-0.3, -0.25) is 19.8 Å². The maximum atomic E-state index is 11.8. The average molecular weight is 362 g/mol. The second-order valence-electron chi connectivity index (χ2n) is 5.95. The van der Waals surface area contributed by atoms with E-state index in [9.17, 15) is 4.79 Å². The molecule has 0 fully saturated rings. The molecule has 0 spiro atoms. The van der Waals surface area contributed by atoms with Crippen molar-refractivity contribution in [2.75, 3.05) is 11.9 Å². The molecule has 27 heavy (non-hydrogen) atoms. The lowest BCUT2D eigenvalue weighted by Crippen LogP contribution is -2.28. The van der Waals surface area contributed by atoms with Crippen molar-refractivity contribution < 1.29 is 4.79 Å². The molecule has 0 saturated carbocycles. The fraction of sp³-hybridized carbons (Fsp3) is 0.167. The predicted molar refractivity (Wildman–Crippen MR) is 101 cm³/mol. The van der Waals surface area contributed by atoms with Gasteiger partial charge in [0.2, 0.25) is 0 Å². The van der Waals surface area contributed by atoms with Gasteiger partial charge in [0, 0.05) is 24.5 Å². The zero-order valence-electron chi connectivity index (χ0n) is 14.9. The third-order valence-corrected chi connectivity index (χ3v) is 3.97. The molecule has 0 radical (unpaired) electrons. The number of anilines is 1. The van der Waals surface area contributed by atoms with Crippen molar-refractivity contribution >= 4 is 17.5 Å². The minimum Gasteiger partial charge on any atom is -0.338 e. The Morgan fingerprint density at radius 1 is 1.26 bits per heavy atom. The van der Waals surface area contributed by atoms with Gasteiger partial charge in [0.1, 0.15) is 11.5 Å². The lowest BCUT2D eigenvalue weighted by Gasteiger charge is -2.06. The number of pyridine rings is 2. The van der Waals surface area contributed by atoms with Crippen LogP contribution in [0.4, 0.5) is 10.6 Å². The van der Waals surface area contributed by atoms with E-state index in [0.717, 1.165) is 16.8 Å². The molecule has 0 saturated heterocycles. The van der Waals surface area contributed by atoms with Gasteiger partial charge in [-0.05, 0) is 37.6 Å². The van der Waals surface area contributed by atoms with E-state index in [1.54, 1.807) is 18.6 Å². The van der Waals surface area contributed by atoms with Crippen molar-refractivity contribution in [1.29, 1.82) is 0 Å². The molecule has 136 valence electrons. The number of carbonyl (C=O) groups is 1. The van der Waals surface area contributed by atoms with Crippen LogP contribution in [0.5, 0.6) is 0 Å². The average Bonchev–Trinajstić information content (AvgIpc) is 3.27. The third-order valence-electron chi connectivity index (χ3n) is 3.97. The Labute approximate surface area is 154 Å². The second-order valence-corrected chi connectivity index (χ2v) is 5.95. The highest BCUT2D eigenvalue weighted by Crippen LogP contribution is 2.27. The van der Waals surface area contributed by atoms with Crippen molar-refractivity contribution in [3.05, 3.63) is 48.7 Å². The summed E-state index contributed by atoms with van der Waals surface area (Å²) in [6, 6.07) is 7.46. The lowest BCUT2D eigenvalue weighted by atomic mass is 10.1. The molecule has 0 bridgehead atoms. The highest BCUT2D eigenvalue weighted by molar-refractivity contribution is 5.88. The summed E-state index contributed by atoms with van der Waals surface area (Å²) in [7, 11) is 0. The topological polar surface area (TPSA) is 113 Å². The summed E-state index contributed by atoms with van der Waals surface area (Å²) in [6.07, 6.45) is 5.26. The van der Waals surface area contributed by atoms with Gasteiger partial charge in [-0.2, -0.15) is 5.10 Å². The zero-order valence-corrected chi connectivity index (χ0v) is 14.9. The van der Waals surface area contributed by atoms with Gasteiger partial charge in [-0.15, -0.1) is 0 Å². The molecule has 9 heteroatoms. The maximum Gasteiger partial charge on any atom is 0.320 e.